The molecule has 0 spiro atoms. The summed E-state index contributed by atoms with van der Waals surface area (Å²) in [4.78, 5) is 6.94. The van der Waals surface area contributed by atoms with Gasteiger partial charge in [0.05, 0.1) is 23.7 Å². The van der Waals surface area contributed by atoms with Crippen LogP contribution in [0.5, 0.6) is 5.75 Å². The van der Waals surface area contributed by atoms with Crippen LogP contribution in [0.3, 0.4) is 0 Å². The molecule has 8 nitrogen and oxygen atoms in total. The Morgan fingerprint density at radius 2 is 2.00 bits per heavy atom. The summed E-state index contributed by atoms with van der Waals surface area (Å²) >= 11 is 0. The standard InChI is InChI=1S/C22H27N5O3S/c1-15-21-11-20(12-23-22(21)26(2)24-15)31(28,29)25-17-9-10-27(14-17)13-16-3-5-18(6-4-16)30-19-7-8-19/h3-6,11-12,19,28-29H,7-10,13-14H2,1-2H3. The molecule has 2 aromatic heterocycles. The summed E-state index contributed by atoms with van der Waals surface area (Å²) in [5.74, 6) is 0.929. The molecule has 5 rings (SSSR count). The Morgan fingerprint density at radius 3 is 2.74 bits per heavy atom. The van der Waals surface area contributed by atoms with Gasteiger partial charge in [0.25, 0.3) is 0 Å². The van der Waals surface area contributed by atoms with Crippen molar-refractivity contribution in [3.63, 3.8) is 0 Å². The predicted octanol–water partition coefficient (Wildman–Crippen LogP) is 4.19. The fourth-order valence-corrected chi connectivity index (χ4v) is 4.98. The van der Waals surface area contributed by atoms with E-state index in [1.807, 2.05) is 26.1 Å². The van der Waals surface area contributed by atoms with Gasteiger partial charge >= 0.3 is 0 Å². The minimum Gasteiger partial charge on any atom is -0.490 e. The molecule has 1 aliphatic carbocycles. The number of rotatable bonds is 6. The molecule has 31 heavy (non-hydrogen) atoms. The van der Waals surface area contributed by atoms with Crippen molar-refractivity contribution in [2.45, 2.75) is 43.7 Å². The predicted molar refractivity (Wildman–Crippen MR) is 122 cm³/mol. The highest BCUT2D eigenvalue weighted by Gasteiger charge is 2.25. The fourth-order valence-electron chi connectivity index (χ4n) is 3.89. The lowest BCUT2D eigenvalue weighted by Gasteiger charge is -2.27. The lowest BCUT2D eigenvalue weighted by Crippen LogP contribution is -2.20. The summed E-state index contributed by atoms with van der Waals surface area (Å²) in [6.45, 7) is 4.14. The van der Waals surface area contributed by atoms with Crippen molar-refractivity contribution in [1.29, 1.82) is 0 Å². The molecule has 2 fully saturated rings. The van der Waals surface area contributed by atoms with Crippen molar-refractivity contribution in [3.8, 4) is 5.75 Å². The number of aryl methyl sites for hydroxylation is 2. The van der Waals surface area contributed by atoms with Gasteiger partial charge in [-0.15, -0.1) is 0 Å². The molecule has 0 atom stereocenters. The zero-order chi connectivity index (χ0) is 21.6. The molecule has 2 aliphatic rings. The second kappa shape index (κ2) is 7.90. The molecule has 9 heteroatoms. The highest BCUT2D eigenvalue weighted by atomic mass is 32.3. The minimum atomic E-state index is -3.30. The van der Waals surface area contributed by atoms with E-state index in [4.69, 9.17) is 4.74 Å². The second-order valence-electron chi connectivity index (χ2n) is 8.35. The summed E-state index contributed by atoms with van der Waals surface area (Å²) in [7, 11) is -1.48. The molecule has 3 heterocycles. The van der Waals surface area contributed by atoms with Gasteiger partial charge in [0.2, 0.25) is 0 Å². The number of ether oxygens (including phenoxy) is 1. The lowest BCUT2D eigenvalue weighted by molar-refractivity contribution is 0.302. The Kier molecular flexibility index (Phi) is 5.21. The van der Waals surface area contributed by atoms with Gasteiger partial charge in [-0.2, -0.15) is 9.50 Å². The third-order valence-corrected chi connectivity index (χ3v) is 7.06. The van der Waals surface area contributed by atoms with Crippen LogP contribution in [-0.4, -0.2) is 53.7 Å². The zero-order valence-electron chi connectivity index (χ0n) is 17.7. The van der Waals surface area contributed by atoms with Crippen molar-refractivity contribution < 1.29 is 13.8 Å². The Morgan fingerprint density at radius 1 is 1.23 bits per heavy atom. The molecule has 1 saturated carbocycles. The molecule has 0 amide bonds. The van der Waals surface area contributed by atoms with Gasteiger partial charge in [0.15, 0.2) is 5.65 Å². The number of benzene rings is 1. The molecule has 0 unspecified atom stereocenters. The van der Waals surface area contributed by atoms with Gasteiger partial charge < -0.3 is 4.74 Å². The van der Waals surface area contributed by atoms with Crippen LogP contribution in [0, 0.1) is 6.92 Å². The maximum atomic E-state index is 10.7. The summed E-state index contributed by atoms with van der Waals surface area (Å²) < 4.78 is 33.3. The zero-order valence-corrected chi connectivity index (χ0v) is 18.5. The van der Waals surface area contributed by atoms with Gasteiger partial charge in [-0.05, 0) is 43.5 Å². The molecule has 1 aromatic carbocycles. The number of fused-ring (bicyclic) bond motifs is 1. The van der Waals surface area contributed by atoms with Crippen LogP contribution in [-0.2, 0) is 13.6 Å². The molecule has 164 valence electrons. The van der Waals surface area contributed by atoms with Crippen LogP contribution < -0.4 is 4.74 Å². The summed E-state index contributed by atoms with van der Waals surface area (Å²) in [5, 5.41) is 5.15. The van der Waals surface area contributed by atoms with Crippen LogP contribution in [0.1, 0.15) is 30.5 Å². The van der Waals surface area contributed by atoms with Crippen LogP contribution in [0.4, 0.5) is 0 Å². The fraction of sp³-hybridized carbons (Fsp3) is 0.409. The average Bonchev–Trinajstić information content (AvgIpc) is 3.38. The SMILES string of the molecule is Cc1nn(C)c2ncc(S(O)(O)N=C3CCN(Cc4ccc(OC5CC5)cc4)C3)cc12. The van der Waals surface area contributed by atoms with Gasteiger partial charge in [0.1, 0.15) is 10.6 Å². The van der Waals surface area contributed by atoms with E-state index in [2.05, 4.69) is 31.5 Å². The van der Waals surface area contributed by atoms with Crippen LogP contribution in [0.15, 0.2) is 45.8 Å². The number of likely N-dealkylation sites (tertiary alicyclic amines) is 1. The van der Waals surface area contributed by atoms with Crippen molar-refractivity contribution in [3.05, 3.63) is 47.8 Å². The number of hydrogen-bond donors (Lipinski definition) is 2. The molecular formula is C22H27N5O3S. The van der Waals surface area contributed by atoms with E-state index in [1.54, 1.807) is 10.7 Å². The number of nitrogens with zero attached hydrogens (tertiary/aromatic N) is 5. The van der Waals surface area contributed by atoms with Crippen molar-refractivity contribution in [2.24, 2.45) is 11.4 Å². The Balaban J connectivity index is 1.26. The first-order valence-electron chi connectivity index (χ1n) is 10.5. The first-order valence-corrected chi connectivity index (χ1v) is 12.0. The quantitative estimate of drug-likeness (QED) is 0.595. The van der Waals surface area contributed by atoms with E-state index in [9.17, 15) is 9.11 Å². The molecule has 1 aliphatic heterocycles. The van der Waals surface area contributed by atoms with E-state index < -0.39 is 10.8 Å². The topological polar surface area (TPSA) is 96.0 Å². The first kappa shape index (κ1) is 20.4. The second-order valence-corrected chi connectivity index (χ2v) is 10.0. The average molecular weight is 442 g/mol. The molecular weight excluding hydrogens is 414 g/mol. The smallest absolute Gasteiger partial charge is 0.157 e. The minimum absolute atomic E-state index is 0.327. The Labute approximate surface area is 183 Å². The molecule has 1 saturated heterocycles. The van der Waals surface area contributed by atoms with E-state index in [0.29, 0.717) is 23.2 Å². The highest BCUT2D eigenvalue weighted by Crippen LogP contribution is 2.50. The monoisotopic (exact) mass is 441 g/mol. The maximum absolute atomic E-state index is 10.7. The van der Waals surface area contributed by atoms with Gasteiger partial charge in [-0.25, -0.2) is 4.98 Å². The van der Waals surface area contributed by atoms with Crippen molar-refractivity contribution in [2.75, 3.05) is 13.1 Å². The molecule has 0 bridgehead atoms. The summed E-state index contributed by atoms with van der Waals surface area (Å²) in [6.07, 6.45) is 4.92. The summed E-state index contributed by atoms with van der Waals surface area (Å²) in [5.41, 5.74) is 3.52. The summed E-state index contributed by atoms with van der Waals surface area (Å²) in [6, 6.07) is 9.98. The van der Waals surface area contributed by atoms with E-state index in [-0.39, 0.29) is 0 Å². The van der Waals surface area contributed by atoms with E-state index in [0.717, 1.165) is 54.9 Å². The lowest BCUT2D eigenvalue weighted by atomic mass is 10.2. The molecule has 3 aromatic rings. The van der Waals surface area contributed by atoms with Crippen LogP contribution in [0.25, 0.3) is 11.0 Å². The number of pyridine rings is 1. The first-order chi connectivity index (χ1) is 14.9. The van der Waals surface area contributed by atoms with Gasteiger partial charge in [-0.1, -0.05) is 22.9 Å². The largest absolute Gasteiger partial charge is 0.490 e. The molecule has 2 N–H and O–H groups in total. The highest BCUT2D eigenvalue weighted by molar-refractivity contribution is 8.23. The van der Waals surface area contributed by atoms with Crippen LogP contribution >= 0.6 is 10.8 Å². The normalized spacial score (nSPS) is 19.4. The third kappa shape index (κ3) is 4.45. The molecule has 0 radical (unpaired) electrons. The van der Waals surface area contributed by atoms with Crippen molar-refractivity contribution in [1.82, 2.24) is 19.7 Å². The Hall–Kier alpha value is -2.46. The van der Waals surface area contributed by atoms with E-state index >= 15 is 0 Å². The number of aromatic nitrogens is 3. The van der Waals surface area contributed by atoms with Gasteiger partial charge in [0, 0.05) is 38.5 Å². The van der Waals surface area contributed by atoms with Crippen molar-refractivity contribution >= 4 is 27.5 Å². The van der Waals surface area contributed by atoms with Gasteiger partial charge in [-0.3, -0.25) is 18.7 Å². The third-order valence-electron chi connectivity index (χ3n) is 5.69. The number of hydrogen-bond acceptors (Lipinski definition) is 7. The Bertz CT molecular complexity index is 1140. The van der Waals surface area contributed by atoms with Crippen LogP contribution in [0.2, 0.25) is 0 Å². The maximum Gasteiger partial charge on any atom is 0.157 e. The van der Waals surface area contributed by atoms with E-state index in [1.165, 1.54) is 11.8 Å².